The van der Waals surface area contributed by atoms with Gasteiger partial charge in [-0.2, -0.15) is 5.10 Å². The zero-order chi connectivity index (χ0) is 19.1. The molecule has 4 aromatic rings. The van der Waals surface area contributed by atoms with E-state index in [0.717, 1.165) is 11.1 Å². The second kappa shape index (κ2) is 6.61. The summed E-state index contributed by atoms with van der Waals surface area (Å²) in [5, 5.41) is 4.38. The summed E-state index contributed by atoms with van der Waals surface area (Å²) in [5.74, 6) is 0.498. The molecule has 9 heteroatoms. The number of fused-ring (bicyclic) bond motifs is 1. The van der Waals surface area contributed by atoms with Gasteiger partial charge in [0, 0.05) is 12.8 Å². The van der Waals surface area contributed by atoms with Crippen molar-refractivity contribution in [3.05, 3.63) is 69.1 Å². The molecule has 142 valence electrons. The van der Waals surface area contributed by atoms with Crippen LogP contribution in [0.5, 0.6) is 0 Å². The predicted octanol–water partition coefficient (Wildman–Crippen LogP) is 1.29. The van der Waals surface area contributed by atoms with Crippen LogP contribution in [0.4, 0.5) is 0 Å². The van der Waals surface area contributed by atoms with Crippen LogP contribution in [-0.4, -0.2) is 42.5 Å². The highest BCUT2D eigenvalue weighted by atomic mass is 16.5. The Hall–Kier alpha value is -3.46. The minimum atomic E-state index is -0.481. The standard InChI is InChI=1S/C19H18N6O3/c26-18-15-17(25(19(27)23-18)14-6-7-28-11-14)22-16(21-15)13-8-20-24(10-13)9-12-4-2-1-3-5-12/h1-5,8,10,14H,6-7,9,11H2,(H,21,22)(H,23,26,27). The first kappa shape index (κ1) is 16.7. The molecule has 9 nitrogen and oxygen atoms in total. The maximum Gasteiger partial charge on any atom is 0.330 e. The molecule has 0 bridgehead atoms. The Kier molecular flexibility index (Phi) is 3.94. The number of imidazole rings is 1. The maximum absolute atomic E-state index is 12.4. The minimum absolute atomic E-state index is 0.135. The first-order valence-corrected chi connectivity index (χ1v) is 9.08. The molecule has 1 atom stereocenters. The van der Waals surface area contributed by atoms with Crippen molar-refractivity contribution >= 4 is 11.2 Å². The van der Waals surface area contributed by atoms with Crippen molar-refractivity contribution in [1.29, 1.82) is 0 Å². The Balaban J connectivity index is 1.55. The van der Waals surface area contributed by atoms with Crippen molar-refractivity contribution in [2.24, 2.45) is 0 Å². The van der Waals surface area contributed by atoms with Gasteiger partial charge in [-0.05, 0) is 12.0 Å². The average Bonchev–Trinajstić information content (AvgIpc) is 3.43. The quantitative estimate of drug-likeness (QED) is 0.556. The van der Waals surface area contributed by atoms with Crippen molar-refractivity contribution in [3.63, 3.8) is 0 Å². The summed E-state index contributed by atoms with van der Waals surface area (Å²) in [6, 6.07) is 9.87. The molecule has 1 aliphatic rings. The first-order chi connectivity index (χ1) is 13.7. The number of nitrogens with one attached hydrogen (secondary N) is 2. The normalized spacial score (nSPS) is 16.8. The third-order valence-electron chi connectivity index (χ3n) is 4.94. The van der Waals surface area contributed by atoms with E-state index in [1.165, 1.54) is 4.57 Å². The van der Waals surface area contributed by atoms with Gasteiger partial charge in [-0.3, -0.25) is 19.0 Å². The van der Waals surface area contributed by atoms with Crippen molar-refractivity contribution in [3.8, 4) is 11.4 Å². The van der Waals surface area contributed by atoms with E-state index in [0.29, 0.717) is 37.7 Å². The second-order valence-corrected chi connectivity index (χ2v) is 6.84. The van der Waals surface area contributed by atoms with E-state index in [1.54, 1.807) is 10.9 Å². The smallest absolute Gasteiger partial charge is 0.330 e. The molecule has 2 N–H and O–H groups in total. The van der Waals surface area contributed by atoms with Gasteiger partial charge in [0.1, 0.15) is 11.3 Å². The largest absolute Gasteiger partial charge is 0.379 e. The second-order valence-electron chi connectivity index (χ2n) is 6.84. The monoisotopic (exact) mass is 378 g/mol. The van der Waals surface area contributed by atoms with Crippen LogP contribution in [-0.2, 0) is 11.3 Å². The Morgan fingerprint density at radius 1 is 1.18 bits per heavy atom. The molecule has 4 heterocycles. The van der Waals surface area contributed by atoms with Crippen molar-refractivity contribution < 1.29 is 4.74 Å². The number of rotatable bonds is 4. The molecule has 1 aromatic carbocycles. The Morgan fingerprint density at radius 3 is 2.82 bits per heavy atom. The molecule has 28 heavy (non-hydrogen) atoms. The molecule has 1 fully saturated rings. The van der Waals surface area contributed by atoms with E-state index in [2.05, 4.69) is 20.1 Å². The van der Waals surface area contributed by atoms with E-state index >= 15 is 0 Å². The van der Waals surface area contributed by atoms with E-state index in [1.807, 2.05) is 36.5 Å². The van der Waals surface area contributed by atoms with Crippen LogP contribution in [0.1, 0.15) is 18.0 Å². The van der Waals surface area contributed by atoms with Gasteiger partial charge in [-0.15, -0.1) is 0 Å². The SMILES string of the molecule is O=c1[nH]c(=O)n(C2CCOC2)c2nc(-c3cnn(Cc4ccccc4)c3)[nH]c12. The number of hydrogen-bond donors (Lipinski definition) is 2. The number of aromatic amines is 2. The van der Waals surface area contributed by atoms with Gasteiger partial charge in [0.05, 0.1) is 31.0 Å². The zero-order valence-corrected chi connectivity index (χ0v) is 15.0. The number of hydrogen-bond acceptors (Lipinski definition) is 5. The molecule has 0 amide bonds. The average molecular weight is 378 g/mol. The number of nitrogens with zero attached hydrogens (tertiary/aromatic N) is 4. The number of benzene rings is 1. The van der Waals surface area contributed by atoms with Crippen LogP contribution in [0.2, 0.25) is 0 Å². The highest BCUT2D eigenvalue weighted by Crippen LogP contribution is 2.23. The molecule has 1 saturated heterocycles. The topological polar surface area (TPSA) is 111 Å². The molecule has 0 aliphatic carbocycles. The van der Waals surface area contributed by atoms with Gasteiger partial charge in [0.2, 0.25) is 0 Å². The summed E-state index contributed by atoms with van der Waals surface area (Å²) in [5.41, 5.74) is 1.55. The third kappa shape index (κ3) is 2.85. The lowest BCUT2D eigenvalue weighted by Gasteiger charge is -2.11. The fraction of sp³-hybridized carbons (Fsp3) is 0.263. The fourth-order valence-electron chi connectivity index (χ4n) is 3.56. The van der Waals surface area contributed by atoms with Crippen LogP contribution >= 0.6 is 0 Å². The lowest BCUT2D eigenvalue weighted by Crippen LogP contribution is -2.33. The van der Waals surface area contributed by atoms with Gasteiger partial charge >= 0.3 is 5.69 Å². The van der Waals surface area contributed by atoms with Crippen molar-refractivity contribution in [2.75, 3.05) is 13.2 Å². The highest BCUT2D eigenvalue weighted by molar-refractivity contribution is 5.75. The highest BCUT2D eigenvalue weighted by Gasteiger charge is 2.24. The summed E-state index contributed by atoms with van der Waals surface area (Å²) in [6.07, 6.45) is 4.26. The maximum atomic E-state index is 12.4. The van der Waals surface area contributed by atoms with Gasteiger partial charge in [0.25, 0.3) is 5.56 Å². The van der Waals surface area contributed by atoms with Gasteiger partial charge in [-0.25, -0.2) is 9.78 Å². The third-order valence-corrected chi connectivity index (χ3v) is 4.94. The summed E-state index contributed by atoms with van der Waals surface area (Å²) in [6.45, 7) is 1.64. The molecule has 0 spiro atoms. The van der Waals surface area contributed by atoms with E-state index in [-0.39, 0.29) is 11.6 Å². The fourth-order valence-corrected chi connectivity index (χ4v) is 3.56. The minimum Gasteiger partial charge on any atom is -0.379 e. The van der Waals surface area contributed by atoms with Crippen molar-refractivity contribution in [2.45, 2.75) is 19.0 Å². The van der Waals surface area contributed by atoms with E-state index < -0.39 is 11.2 Å². The summed E-state index contributed by atoms with van der Waals surface area (Å²) in [7, 11) is 0. The van der Waals surface area contributed by atoms with Gasteiger partial charge in [-0.1, -0.05) is 30.3 Å². The van der Waals surface area contributed by atoms with Crippen LogP contribution in [0.15, 0.2) is 52.3 Å². The Bertz CT molecular complexity index is 1240. The van der Waals surface area contributed by atoms with E-state index in [9.17, 15) is 9.59 Å². The van der Waals surface area contributed by atoms with Gasteiger partial charge in [0.15, 0.2) is 5.65 Å². The van der Waals surface area contributed by atoms with Crippen LogP contribution in [0, 0.1) is 0 Å². The number of ether oxygens (including phenoxy) is 1. The molecule has 0 radical (unpaired) electrons. The zero-order valence-electron chi connectivity index (χ0n) is 15.0. The van der Waals surface area contributed by atoms with Crippen LogP contribution in [0.3, 0.4) is 0 Å². The molecule has 1 unspecified atom stereocenters. The van der Waals surface area contributed by atoms with Crippen LogP contribution < -0.4 is 11.2 Å². The summed E-state index contributed by atoms with van der Waals surface area (Å²) >= 11 is 0. The first-order valence-electron chi connectivity index (χ1n) is 9.08. The Labute approximate surface area is 158 Å². The molecule has 0 saturated carbocycles. The summed E-state index contributed by atoms with van der Waals surface area (Å²) < 4.78 is 8.71. The summed E-state index contributed by atoms with van der Waals surface area (Å²) in [4.78, 5) is 34.6. The molecular formula is C19H18N6O3. The van der Waals surface area contributed by atoms with Crippen molar-refractivity contribution in [1.82, 2.24) is 29.3 Å². The molecule has 5 rings (SSSR count). The Morgan fingerprint density at radius 2 is 2.04 bits per heavy atom. The van der Waals surface area contributed by atoms with E-state index in [4.69, 9.17) is 4.74 Å². The lowest BCUT2D eigenvalue weighted by atomic mass is 10.2. The number of aromatic nitrogens is 6. The molecular weight excluding hydrogens is 360 g/mol. The molecule has 1 aliphatic heterocycles. The van der Waals surface area contributed by atoms with Crippen LogP contribution in [0.25, 0.3) is 22.6 Å². The van der Waals surface area contributed by atoms with Gasteiger partial charge < -0.3 is 9.72 Å². The molecule has 3 aromatic heterocycles. The lowest BCUT2D eigenvalue weighted by molar-refractivity contribution is 0.186. The number of H-pyrrole nitrogens is 2. The predicted molar refractivity (Wildman–Crippen MR) is 102 cm³/mol.